The van der Waals surface area contributed by atoms with Crippen LogP contribution in [0.5, 0.6) is 0 Å². The fourth-order valence-electron chi connectivity index (χ4n) is 2.05. The number of rotatable bonds is 2. The second-order valence-electron chi connectivity index (χ2n) is 4.65. The highest BCUT2D eigenvalue weighted by atomic mass is 35.5. The number of nitrogens with zero attached hydrogens (tertiary/aromatic N) is 2. The fourth-order valence-corrected chi connectivity index (χ4v) is 2.22. The van der Waals surface area contributed by atoms with Gasteiger partial charge in [-0.25, -0.2) is 4.98 Å². The lowest BCUT2D eigenvalue weighted by atomic mass is 10.1. The van der Waals surface area contributed by atoms with Crippen LogP contribution in [0.15, 0.2) is 48.7 Å². The topological polar surface area (TPSA) is 54.9 Å². The Labute approximate surface area is 126 Å². The van der Waals surface area contributed by atoms with Gasteiger partial charge in [-0.15, -0.1) is 0 Å². The Morgan fingerprint density at radius 2 is 1.86 bits per heavy atom. The van der Waals surface area contributed by atoms with Crippen LogP contribution in [0.2, 0.25) is 5.02 Å². The average Bonchev–Trinajstić information content (AvgIpc) is 2.47. The largest absolute Gasteiger partial charge is 0.326 e. The van der Waals surface area contributed by atoms with Crippen molar-refractivity contribution < 1.29 is 4.79 Å². The Morgan fingerprint density at radius 1 is 1.10 bits per heavy atom. The Morgan fingerprint density at radius 3 is 2.57 bits per heavy atom. The number of anilines is 1. The van der Waals surface area contributed by atoms with Crippen molar-refractivity contribution in [1.29, 1.82) is 0 Å². The lowest BCUT2D eigenvalue weighted by Crippen LogP contribution is -2.05. The number of amides is 1. The predicted octanol–water partition coefficient (Wildman–Crippen LogP) is 3.91. The van der Waals surface area contributed by atoms with Gasteiger partial charge in [0.15, 0.2) is 0 Å². The number of nitrogens with one attached hydrogen (secondary N) is 1. The molecule has 5 heteroatoms. The predicted molar refractivity (Wildman–Crippen MR) is 84.3 cm³/mol. The maximum absolute atomic E-state index is 11.0. The summed E-state index contributed by atoms with van der Waals surface area (Å²) in [6.07, 6.45) is 1.71. The second-order valence-corrected chi connectivity index (χ2v) is 5.08. The summed E-state index contributed by atoms with van der Waals surface area (Å²) in [4.78, 5) is 19.9. The van der Waals surface area contributed by atoms with Crippen molar-refractivity contribution in [2.45, 2.75) is 6.92 Å². The molecule has 0 saturated heterocycles. The number of fused-ring (bicyclic) bond motifs is 1. The number of aromatic nitrogens is 2. The number of benzene rings is 2. The highest BCUT2D eigenvalue weighted by molar-refractivity contribution is 6.31. The third-order valence-corrected chi connectivity index (χ3v) is 3.24. The highest BCUT2D eigenvalue weighted by Gasteiger charge is 2.04. The van der Waals surface area contributed by atoms with E-state index >= 15 is 0 Å². The molecule has 0 radical (unpaired) electrons. The first kappa shape index (κ1) is 13.5. The molecule has 0 bridgehead atoms. The Hall–Kier alpha value is -2.46. The zero-order valence-electron chi connectivity index (χ0n) is 11.3. The van der Waals surface area contributed by atoms with Crippen LogP contribution in [0.25, 0.3) is 22.3 Å². The molecule has 0 saturated carbocycles. The van der Waals surface area contributed by atoms with Crippen molar-refractivity contribution in [1.82, 2.24) is 9.97 Å². The second kappa shape index (κ2) is 5.50. The van der Waals surface area contributed by atoms with Gasteiger partial charge in [-0.1, -0.05) is 23.7 Å². The van der Waals surface area contributed by atoms with E-state index in [2.05, 4.69) is 15.3 Å². The lowest BCUT2D eigenvalue weighted by molar-refractivity contribution is -0.114. The fraction of sp³-hybridized carbons (Fsp3) is 0.0625. The van der Waals surface area contributed by atoms with Gasteiger partial charge in [-0.05, 0) is 30.3 Å². The van der Waals surface area contributed by atoms with Crippen LogP contribution in [0.4, 0.5) is 5.69 Å². The summed E-state index contributed by atoms with van der Waals surface area (Å²) in [6, 6.07) is 12.9. The summed E-state index contributed by atoms with van der Waals surface area (Å²) >= 11 is 5.93. The average molecular weight is 298 g/mol. The molecule has 0 aliphatic rings. The minimum Gasteiger partial charge on any atom is -0.326 e. The molecule has 21 heavy (non-hydrogen) atoms. The first-order valence-electron chi connectivity index (χ1n) is 6.42. The van der Waals surface area contributed by atoms with Crippen molar-refractivity contribution in [3.05, 3.63) is 53.7 Å². The van der Waals surface area contributed by atoms with Crippen molar-refractivity contribution in [3.8, 4) is 11.3 Å². The van der Waals surface area contributed by atoms with Crippen molar-refractivity contribution in [2.24, 2.45) is 0 Å². The lowest BCUT2D eigenvalue weighted by Gasteiger charge is -2.05. The molecule has 0 aliphatic heterocycles. The number of carbonyl (C=O) groups excluding carboxylic acids is 1. The van der Waals surface area contributed by atoms with E-state index in [0.717, 1.165) is 28.0 Å². The Kier molecular flexibility index (Phi) is 3.54. The van der Waals surface area contributed by atoms with Gasteiger partial charge in [0, 0.05) is 23.2 Å². The van der Waals surface area contributed by atoms with E-state index in [4.69, 9.17) is 11.6 Å². The molecular weight excluding hydrogens is 286 g/mol. The Bertz CT molecular complexity index is 815. The standard InChI is InChI=1S/C16H12ClN3O/c1-10(21)19-13-5-2-11(3-6-13)16-9-18-15-8-12(17)4-7-14(15)20-16/h2-9H,1H3,(H,19,21). The summed E-state index contributed by atoms with van der Waals surface area (Å²) in [5, 5.41) is 3.37. The van der Waals surface area contributed by atoms with Crippen LogP contribution < -0.4 is 5.32 Å². The zero-order valence-corrected chi connectivity index (χ0v) is 12.1. The van der Waals surface area contributed by atoms with E-state index in [0.29, 0.717) is 5.02 Å². The number of hydrogen-bond donors (Lipinski definition) is 1. The zero-order chi connectivity index (χ0) is 14.8. The molecule has 0 aliphatic carbocycles. The van der Waals surface area contributed by atoms with Crippen LogP contribution in [0.3, 0.4) is 0 Å². The molecule has 0 fully saturated rings. The normalized spacial score (nSPS) is 10.6. The number of carbonyl (C=O) groups is 1. The van der Waals surface area contributed by atoms with E-state index < -0.39 is 0 Å². The van der Waals surface area contributed by atoms with Gasteiger partial charge in [-0.2, -0.15) is 0 Å². The molecular formula is C16H12ClN3O. The molecule has 2 aromatic carbocycles. The van der Waals surface area contributed by atoms with E-state index in [1.54, 1.807) is 18.3 Å². The van der Waals surface area contributed by atoms with Gasteiger partial charge in [0.1, 0.15) is 0 Å². The molecule has 1 N–H and O–H groups in total. The molecule has 1 aromatic heterocycles. The third kappa shape index (κ3) is 3.01. The minimum absolute atomic E-state index is 0.0925. The molecule has 3 aromatic rings. The summed E-state index contributed by atoms with van der Waals surface area (Å²) in [5.41, 5.74) is 4.03. The van der Waals surface area contributed by atoms with Crippen molar-refractivity contribution in [3.63, 3.8) is 0 Å². The SMILES string of the molecule is CC(=O)Nc1ccc(-c2cnc3cc(Cl)ccc3n2)cc1. The smallest absolute Gasteiger partial charge is 0.221 e. The number of halogens is 1. The molecule has 1 heterocycles. The highest BCUT2D eigenvalue weighted by Crippen LogP contribution is 2.22. The quantitative estimate of drug-likeness (QED) is 0.780. The maximum Gasteiger partial charge on any atom is 0.221 e. The van der Waals surface area contributed by atoms with Gasteiger partial charge in [0.2, 0.25) is 5.91 Å². The maximum atomic E-state index is 11.0. The molecule has 0 atom stereocenters. The third-order valence-electron chi connectivity index (χ3n) is 3.01. The van der Waals surface area contributed by atoms with Crippen LogP contribution in [0.1, 0.15) is 6.92 Å². The van der Waals surface area contributed by atoms with Gasteiger partial charge < -0.3 is 5.32 Å². The molecule has 3 rings (SSSR count). The molecule has 1 amide bonds. The Balaban J connectivity index is 1.96. The minimum atomic E-state index is -0.0925. The van der Waals surface area contributed by atoms with Gasteiger partial charge in [0.25, 0.3) is 0 Å². The van der Waals surface area contributed by atoms with Crippen LogP contribution in [-0.4, -0.2) is 15.9 Å². The van der Waals surface area contributed by atoms with E-state index in [1.165, 1.54) is 6.92 Å². The first-order chi connectivity index (χ1) is 10.1. The van der Waals surface area contributed by atoms with Gasteiger partial charge in [-0.3, -0.25) is 9.78 Å². The van der Waals surface area contributed by atoms with Crippen molar-refractivity contribution in [2.75, 3.05) is 5.32 Å². The summed E-state index contributed by atoms with van der Waals surface area (Å²) in [6.45, 7) is 1.48. The molecule has 4 nitrogen and oxygen atoms in total. The molecule has 0 unspecified atom stereocenters. The number of hydrogen-bond acceptors (Lipinski definition) is 3. The molecule has 0 spiro atoms. The van der Waals surface area contributed by atoms with Gasteiger partial charge >= 0.3 is 0 Å². The summed E-state index contributed by atoms with van der Waals surface area (Å²) in [5.74, 6) is -0.0925. The first-order valence-corrected chi connectivity index (χ1v) is 6.80. The monoisotopic (exact) mass is 297 g/mol. The molecule has 104 valence electrons. The van der Waals surface area contributed by atoms with E-state index in [9.17, 15) is 4.79 Å². The van der Waals surface area contributed by atoms with Gasteiger partial charge in [0.05, 0.1) is 22.9 Å². The van der Waals surface area contributed by atoms with E-state index in [-0.39, 0.29) is 5.91 Å². The van der Waals surface area contributed by atoms with Crippen LogP contribution in [-0.2, 0) is 4.79 Å². The van der Waals surface area contributed by atoms with Crippen molar-refractivity contribution >= 4 is 34.2 Å². The summed E-state index contributed by atoms with van der Waals surface area (Å²) in [7, 11) is 0. The van der Waals surface area contributed by atoms with Crippen LogP contribution >= 0.6 is 11.6 Å². The van der Waals surface area contributed by atoms with Crippen LogP contribution in [0, 0.1) is 0 Å². The van der Waals surface area contributed by atoms with E-state index in [1.807, 2.05) is 30.3 Å². The summed E-state index contributed by atoms with van der Waals surface area (Å²) < 4.78 is 0.